The largest absolute Gasteiger partial charge is 0.478 e. The van der Waals surface area contributed by atoms with Gasteiger partial charge in [-0.3, -0.25) is 0 Å². The van der Waals surface area contributed by atoms with Gasteiger partial charge >= 0.3 is 5.97 Å². The summed E-state index contributed by atoms with van der Waals surface area (Å²) in [7, 11) is 0. The number of benzene rings is 1. The molecule has 1 fully saturated rings. The highest BCUT2D eigenvalue weighted by Gasteiger charge is 2.28. The van der Waals surface area contributed by atoms with Crippen LogP contribution in [-0.4, -0.2) is 24.2 Å². The molecule has 0 bridgehead atoms. The number of rotatable bonds is 2. The van der Waals surface area contributed by atoms with Gasteiger partial charge in [0.1, 0.15) is 0 Å². The number of aromatic carboxylic acids is 1. The second-order valence-electron chi connectivity index (χ2n) is 6.92. The fraction of sp³-hybridized carbons (Fsp3) is 0.588. The maximum Gasteiger partial charge on any atom is 0.337 e. The van der Waals surface area contributed by atoms with Crippen molar-refractivity contribution < 1.29 is 9.90 Å². The van der Waals surface area contributed by atoms with Crippen molar-refractivity contribution in [3.05, 3.63) is 28.8 Å². The highest BCUT2D eigenvalue weighted by atomic mass is 35.5. The lowest BCUT2D eigenvalue weighted by molar-refractivity contribution is 0.0697. The summed E-state index contributed by atoms with van der Waals surface area (Å²) in [5.41, 5.74) is 1.28. The Morgan fingerprint density at radius 1 is 1.29 bits per heavy atom. The van der Waals surface area contributed by atoms with Crippen molar-refractivity contribution in [2.75, 3.05) is 18.0 Å². The van der Waals surface area contributed by atoms with E-state index >= 15 is 0 Å². The molecule has 116 valence electrons. The molecule has 1 aliphatic heterocycles. The summed E-state index contributed by atoms with van der Waals surface area (Å²) >= 11 is 6.28. The first-order chi connectivity index (χ1) is 9.80. The van der Waals surface area contributed by atoms with E-state index in [0.29, 0.717) is 27.6 Å². The quantitative estimate of drug-likeness (QED) is 0.861. The van der Waals surface area contributed by atoms with Crippen molar-refractivity contribution in [3.63, 3.8) is 0 Å². The average molecular weight is 310 g/mol. The molecule has 0 saturated carbocycles. The van der Waals surface area contributed by atoms with E-state index < -0.39 is 5.97 Å². The number of para-hydroxylation sites is 1. The summed E-state index contributed by atoms with van der Waals surface area (Å²) in [6.07, 6.45) is 3.34. The van der Waals surface area contributed by atoms with Crippen LogP contribution in [0.1, 0.15) is 50.4 Å². The Labute approximate surface area is 131 Å². The van der Waals surface area contributed by atoms with E-state index in [9.17, 15) is 9.90 Å². The molecule has 0 radical (unpaired) electrons. The predicted molar refractivity (Wildman–Crippen MR) is 87.4 cm³/mol. The Kier molecular flexibility index (Phi) is 4.82. The van der Waals surface area contributed by atoms with Crippen LogP contribution >= 0.6 is 11.6 Å². The molecule has 0 aliphatic carbocycles. The lowest BCUT2D eigenvalue weighted by Gasteiger charge is -2.30. The van der Waals surface area contributed by atoms with Crippen LogP contribution in [0, 0.1) is 11.3 Å². The Bertz CT molecular complexity index is 522. The Morgan fingerprint density at radius 2 is 2.00 bits per heavy atom. The van der Waals surface area contributed by atoms with Gasteiger partial charge in [-0.15, -0.1) is 0 Å². The van der Waals surface area contributed by atoms with E-state index in [2.05, 4.69) is 25.7 Å². The van der Waals surface area contributed by atoms with E-state index in [4.69, 9.17) is 11.6 Å². The lowest BCUT2D eigenvalue weighted by atomic mass is 9.77. The number of carboxylic acids is 1. The van der Waals surface area contributed by atoms with Gasteiger partial charge in [0.2, 0.25) is 0 Å². The molecule has 0 aromatic heterocycles. The van der Waals surface area contributed by atoms with Crippen LogP contribution in [0.3, 0.4) is 0 Å². The Morgan fingerprint density at radius 3 is 2.62 bits per heavy atom. The van der Waals surface area contributed by atoms with Crippen LogP contribution in [0.15, 0.2) is 18.2 Å². The summed E-state index contributed by atoms with van der Waals surface area (Å²) in [6, 6.07) is 5.11. The highest BCUT2D eigenvalue weighted by Crippen LogP contribution is 2.37. The molecule has 4 heteroatoms. The van der Waals surface area contributed by atoms with Gasteiger partial charge in [0, 0.05) is 13.1 Å². The van der Waals surface area contributed by atoms with Crippen LogP contribution in [0.2, 0.25) is 5.02 Å². The molecule has 2 rings (SSSR count). The molecule has 21 heavy (non-hydrogen) atoms. The van der Waals surface area contributed by atoms with Crippen molar-refractivity contribution in [1.82, 2.24) is 0 Å². The van der Waals surface area contributed by atoms with Crippen LogP contribution in [-0.2, 0) is 0 Å². The smallest absolute Gasteiger partial charge is 0.337 e. The van der Waals surface area contributed by atoms with Gasteiger partial charge in [-0.1, -0.05) is 38.4 Å². The second kappa shape index (κ2) is 6.27. The Hall–Kier alpha value is -1.22. The van der Waals surface area contributed by atoms with E-state index in [1.807, 2.05) is 0 Å². The van der Waals surface area contributed by atoms with Gasteiger partial charge in [0.05, 0.1) is 16.3 Å². The third kappa shape index (κ3) is 3.70. The van der Waals surface area contributed by atoms with Gasteiger partial charge in [0.25, 0.3) is 0 Å². The molecule has 0 amide bonds. The van der Waals surface area contributed by atoms with Gasteiger partial charge in [-0.2, -0.15) is 0 Å². The van der Waals surface area contributed by atoms with Crippen LogP contribution in [0.4, 0.5) is 5.69 Å². The lowest BCUT2D eigenvalue weighted by Crippen LogP contribution is -2.27. The van der Waals surface area contributed by atoms with Gasteiger partial charge in [-0.25, -0.2) is 4.79 Å². The summed E-state index contributed by atoms with van der Waals surface area (Å²) in [4.78, 5) is 13.6. The van der Waals surface area contributed by atoms with E-state index in [1.54, 1.807) is 18.2 Å². The molecular formula is C17H24ClNO2. The van der Waals surface area contributed by atoms with Crippen LogP contribution in [0.25, 0.3) is 0 Å². The first kappa shape index (κ1) is 16.2. The minimum Gasteiger partial charge on any atom is -0.478 e. The summed E-state index contributed by atoms with van der Waals surface area (Å²) in [5, 5.41) is 9.92. The number of carboxylic acid groups (broad SMARTS) is 1. The number of nitrogens with zero attached hydrogens (tertiary/aromatic N) is 1. The fourth-order valence-electron chi connectivity index (χ4n) is 3.20. The molecule has 1 heterocycles. The van der Waals surface area contributed by atoms with Crippen LogP contribution < -0.4 is 4.90 Å². The van der Waals surface area contributed by atoms with E-state index in [1.165, 1.54) is 6.42 Å². The molecule has 1 unspecified atom stereocenters. The average Bonchev–Trinajstić information content (AvgIpc) is 2.63. The molecule has 1 aromatic rings. The molecule has 1 atom stereocenters. The zero-order valence-corrected chi connectivity index (χ0v) is 13.8. The molecule has 1 aromatic carbocycles. The fourth-order valence-corrected chi connectivity index (χ4v) is 3.49. The van der Waals surface area contributed by atoms with E-state index in [0.717, 1.165) is 25.9 Å². The minimum atomic E-state index is -0.913. The SMILES string of the molecule is CC(C)(C)C1CCCN(c2c(Cl)cccc2C(=O)O)CC1. The maximum atomic E-state index is 11.4. The molecular weight excluding hydrogens is 286 g/mol. The first-order valence-electron chi connectivity index (χ1n) is 7.57. The molecule has 1 saturated heterocycles. The topological polar surface area (TPSA) is 40.5 Å². The van der Waals surface area contributed by atoms with Crippen molar-refractivity contribution in [2.24, 2.45) is 11.3 Å². The van der Waals surface area contributed by atoms with Crippen molar-refractivity contribution >= 4 is 23.3 Å². The number of halogens is 1. The zero-order chi connectivity index (χ0) is 15.6. The maximum absolute atomic E-state index is 11.4. The minimum absolute atomic E-state index is 0.298. The second-order valence-corrected chi connectivity index (χ2v) is 7.33. The molecule has 3 nitrogen and oxygen atoms in total. The van der Waals surface area contributed by atoms with Crippen molar-refractivity contribution in [3.8, 4) is 0 Å². The number of hydrogen-bond acceptors (Lipinski definition) is 2. The summed E-state index contributed by atoms with van der Waals surface area (Å²) < 4.78 is 0. The number of anilines is 1. The number of carbonyl (C=O) groups is 1. The molecule has 0 spiro atoms. The van der Waals surface area contributed by atoms with Crippen LogP contribution in [0.5, 0.6) is 0 Å². The predicted octanol–water partition coefficient (Wildman–Crippen LogP) is 4.69. The first-order valence-corrected chi connectivity index (χ1v) is 7.95. The van der Waals surface area contributed by atoms with Gasteiger partial charge < -0.3 is 10.0 Å². The third-order valence-electron chi connectivity index (χ3n) is 4.49. The van der Waals surface area contributed by atoms with E-state index in [-0.39, 0.29) is 0 Å². The van der Waals surface area contributed by atoms with Gasteiger partial charge in [-0.05, 0) is 42.7 Å². The zero-order valence-electron chi connectivity index (χ0n) is 13.0. The molecule has 1 aliphatic rings. The Balaban J connectivity index is 2.26. The van der Waals surface area contributed by atoms with Crippen molar-refractivity contribution in [2.45, 2.75) is 40.0 Å². The summed E-state index contributed by atoms with van der Waals surface area (Å²) in [5.74, 6) is -0.248. The highest BCUT2D eigenvalue weighted by molar-refractivity contribution is 6.34. The monoisotopic (exact) mass is 309 g/mol. The van der Waals surface area contributed by atoms with Gasteiger partial charge in [0.15, 0.2) is 0 Å². The summed E-state index contributed by atoms with van der Waals surface area (Å²) in [6.45, 7) is 8.59. The normalized spacial score (nSPS) is 20.2. The third-order valence-corrected chi connectivity index (χ3v) is 4.79. The number of hydrogen-bond donors (Lipinski definition) is 1. The van der Waals surface area contributed by atoms with Crippen molar-refractivity contribution in [1.29, 1.82) is 0 Å². The molecule has 1 N–H and O–H groups in total. The standard InChI is InChI=1S/C17H24ClNO2/c1-17(2,3)12-6-5-10-19(11-9-12)15-13(16(20)21)7-4-8-14(15)18/h4,7-8,12H,5-6,9-11H2,1-3H3,(H,20,21).